The Hall–Kier alpha value is -2.99. The fourth-order valence-corrected chi connectivity index (χ4v) is 2.80. The molecule has 24 heavy (non-hydrogen) atoms. The molecule has 0 bridgehead atoms. The van der Waals surface area contributed by atoms with Gasteiger partial charge in [-0.15, -0.1) is 0 Å². The third-order valence-electron chi connectivity index (χ3n) is 3.72. The van der Waals surface area contributed by atoms with Gasteiger partial charge in [-0.25, -0.2) is 4.79 Å². The van der Waals surface area contributed by atoms with Crippen LogP contribution >= 0.6 is 12.2 Å². The number of H-pyrrole nitrogens is 2. The Kier molecular flexibility index (Phi) is 4.39. The molecular formula is C18H14N2O3S. The van der Waals surface area contributed by atoms with Gasteiger partial charge >= 0.3 is 5.97 Å². The van der Waals surface area contributed by atoms with Gasteiger partial charge < -0.3 is 10.1 Å². The first kappa shape index (κ1) is 15.9. The van der Waals surface area contributed by atoms with E-state index < -0.39 is 5.97 Å². The van der Waals surface area contributed by atoms with Gasteiger partial charge in [0, 0.05) is 12.0 Å². The maximum absolute atomic E-state index is 12.4. The molecule has 0 spiro atoms. The first-order valence-corrected chi connectivity index (χ1v) is 7.69. The first-order valence-electron chi connectivity index (χ1n) is 7.28. The van der Waals surface area contributed by atoms with Crippen LogP contribution < -0.4 is 5.56 Å². The number of benzene rings is 2. The number of aromatic amines is 2. The summed E-state index contributed by atoms with van der Waals surface area (Å²) >= 11 is 5.07. The van der Waals surface area contributed by atoms with Crippen molar-refractivity contribution in [1.82, 2.24) is 9.97 Å². The van der Waals surface area contributed by atoms with E-state index in [0.717, 1.165) is 5.56 Å². The van der Waals surface area contributed by atoms with E-state index >= 15 is 0 Å². The summed E-state index contributed by atoms with van der Waals surface area (Å²) in [5.41, 5.74) is 2.29. The quantitative estimate of drug-likeness (QED) is 0.637. The van der Waals surface area contributed by atoms with E-state index in [4.69, 9.17) is 12.2 Å². The molecule has 0 unspecified atom stereocenters. The second-order valence-electron chi connectivity index (χ2n) is 5.27. The van der Waals surface area contributed by atoms with Gasteiger partial charge in [0.1, 0.15) is 0 Å². The molecule has 0 atom stereocenters. The first-order chi connectivity index (χ1) is 11.6. The summed E-state index contributed by atoms with van der Waals surface area (Å²) in [7, 11) is 0. The Morgan fingerprint density at radius 3 is 2.38 bits per heavy atom. The molecule has 0 aliphatic carbocycles. The van der Waals surface area contributed by atoms with E-state index in [1.54, 1.807) is 18.2 Å². The van der Waals surface area contributed by atoms with Crippen LogP contribution in [0.5, 0.6) is 0 Å². The number of carboxylic acid groups (broad SMARTS) is 1. The summed E-state index contributed by atoms with van der Waals surface area (Å²) < 4.78 is 0.231. The van der Waals surface area contributed by atoms with Crippen molar-refractivity contribution >= 4 is 18.2 Å². The van der Waals surface area contributed by atoms with Gasteiger partial charge in [0.05, 0.1) is 11.3 Å². The molecule has 5 nitrogen and oxygen atoms in total. The topological polar surface area (TPSA) is 85.9 Å². The summed E-state index contributed by atoms with van der Waals surface area (Å²) in [6.45, 7) is 0. The van der Waals surface area contributed by atoms with Crippen LogP contribution in [0.25, 0.3) is 11.3 Å². The SMILES string of the molecule is O=C(O)c1ccccc1Cc1c(-c2ccccc2)[nH]c(=S)[nH]c1=O. The number of carboxylic acids is 1. The smallest absolute Gasteiger partial charge is 0.335 e. The van der Waals surface area contributed by atoms with Crippen molar-refractivity contribution in [2.75, 3.05) is 0 Å². The predicted octanol–water partition coefficient (Wildman–Crippen LogP) is 3.39. The van der Waals surface area contributed by atoms with Gasteiger partial charge in [-0.05, 0) is 29.4 Å². The van der Waals surface area contributed by atoms with Crippen LogP contribution in [0.3, 0.4) is 0 Å². The van der Waals surface area contributed by atoms with Crippen molar-refractivity contribution in [1.29, 1.82) is 0 Å². The fourth-order valence-electron chi connectivity index (χ4n) is 2.61. The van der Waals surface area contributed by atoms with E-state index in [0.29, 0.717) is 16.8 Å². The number of aromatic nitrogens is 2. The molecule has 0 aliphatic rings. The van der Waals surface area contributed by atoms with Crippen molar-refractivity contribution in [2.45, 2.75) is 6.42 Å². The minimum absolute atomic E-state index is 0.179. The van der Waals surface area contributed by atoms with Gasteiger partial charge in [-0.1, -0.05) is 48.5 Å². The number of carbonyl (C=O) groups is 1. The second-order valence-corrected chi connectivity index (χ2v) is 5.68. The lowest BCUT2D eigenvalue weighted by molar-refractivity contribution is 0.0696. The van der Waals surface area contributed by atoms with E-state index in [1.165, 1.54) is 6.07 Å². The molecule has 0 aliphatic heterocycles. The number of hydrogen-bond acceptors (Lipinski definition) is 3. The maximum Gasteiger partial charge on any atom is 0.335 e. The zero-order valence-corrected chi connectivity index (χ0v) is 13.4. The molecule has 1 heterocycles. The summed E-state index contributed by atoms with van der Waals surface area (Å²) in [6.07, 6.45) is 0.189. The van der Waals surface area contributed by atoms with Crippen molar-refractivity contribution < 1.29 is 9.90 Å². The van der Waals surface area contributed by atoms with Crippen LogP contribution in [-0.2, 0) is 6.42 Å². The monoisotopic (exact) mass is 338 g/mol. The lowest BCUT2D eigenvalue weighted by Crippen LogP contribution is -2.17. The van der Waals surface area contributed by atoms with Gasteiger partial charge in [0.2, 0.25) is 0 Å². The van der Waals surface area contributed by atoms with Crippen LogP contribution in [0.15, 0.2) is 59.4 Å². The van der Waals surface area contributed by atoms with Crippen molar-refractivity contribution in [3.05, 3.63) is 86.4 Å². The molecule has 1 aromatic heterocycles. The van der Waals surface area contributed by atoms with Crippen molar-refractivity contribution in [2.24, 2.45) is 0 Å². The van der Waals surface area contributed by atoms with Gasteiger partial charge in [-0.2, -0.15) is 0 Å². The highest BCUT2D eigenvalue weighted by atomic mass is 32.1. The largest absolute Gasteiger partial charge is 0.478 e. The van der Waals surface area contributed by atoms with Crippen LogP contribution in [0, 0.1) is 4.77 Å². The molecule has 2 aromatic carbocycles. The maximum atomic E-state index is 12.4. The Labute approximate surface area is 142 Å². The Balaban J connectivity index is 2.18. The van der Waals surface area contributed by atoms with E-state index in [-0.39, 0.29) is 22.3 Å². The highest BCUT2D eigenvalue weighted by Gasteiger charge is 2.15. The van der Waals surface area contributed by atoms with Crippen LogP contribution in [-0.4, -0.2) is 21.0 Å². The van der Waals surface area contributed by atoms with E-state index in [1.807, 2.05) is 30.3 Å². The Morgan fingerprint density at radius 2 is 1.67 bits per heavy atom. The summed E-state index contributed by atoms with van der Waals surface area (Å²) in [5.74, 6) is -1.02. The second kappa shape index (κ2) is 6.64. The van der Waals surface area contributed by atoms with Crippen LogP contribution in [0.1, 0.15) is 21.5 Å². The van der Waals surface area contributed by atoms with E-state index in [9.17, 15) is 14.7 Å². The average molecular weight is 338 g/mol. The van der Waals surface area contributed by atoms with Gasteiger partial charge in [-0.3, -0.25) is 9.78 Å². The summed E-state index contributed by atoms with van der Waals surface area (Å²) in [5, 5.41) is 9.33. The highest BCUT2D eigenvalue weighted by molar-refractivity contribution is 7.71. The molecule has 6 heteroatoms. The van der Waals surface area contributed by atoms with Gasteiger partial charge in [0.15, 0.2) is 4.77 Å². The third-order valence-corrected chi connectivity index (χ3v) is 3.92. The molecule has 3 N–H and O–H groups in total. The average Bonchev–Trinajstić information content (AvgIpc) is 2.58. The fraction of sp³-hybridized carbons (Fsp3) is 0.0556. The van der Waals surface area contributed by atoms with E-state index in [2.05, 4.69) is 9.97 Å². The summed E-state index contributed by atoms with van der Waals surface area (Å²) in [6, 6.07) is 16.0. The lowest BCUT2D eigenvalue weighted by Gasteiger charge is -2.11. The number of aromatic carboxylic acids is 1. The van der Waals surface area contributed by atoms with Crippen molar-refractivity contribution in [3.8, 4) is 11.3 Å². The zero-order valence-electron chi connectivity index (χ0n) is 12.6. The number of rotatable bonds is 4. The van der Waals surface area contributed by atoms with Crippen LogP contribution in [0.4, 0.5) is 0 Å². The number of hydrogen-bond donors (Lipinski definition) is 3. The minimum Gasteiger partial charge on any atom is -0.478 e. The zero-order chi connectivity index (χ0) is 17.1. The standard InChI is InChI=1S/C18H14N2O3S/c21-16-14(10-12-8-4-5-9-13(12)17(22)23)15(19-18(24)20-16)11-6-2-1-3-7-11/h1-9H,10H2,(H,22,23)(H2,19,20,21,24). The molecule has 0 amide bonds. The Morgan fingerprint density at radius 1 is 1.00 bits per heavy atom. The molecule has 0 saturated carbocycles. The predicted molar refractivity (Wildman–Crippen MR) is 93.9 cm³/mol. The molecule has 3 rings (SSSR count). The Bertz CT molecular complexity index is 1010. The third kappa shape index (κ3) is 3.18. The normalized spacial score (nSPS) is 10.5. The molecular weight excluding hydrogens is 324 g/mol. The molecule has 0 fully saturated rings. The summed E-state index contributed by atoms with van der Waals surface area (Å²) in [4.78, 5) is 29.4. The van der Waals surface area contributed by atoms with Crippen LogP contribution in [0.2, 0.25) is 0 Å². The molecule has 0 radical (unpaired) electrons. The highest BCUT2D eigenvalue weighted by Crippen LogP contribution is 2.22. The molecule has 120 valence electrons. The van der Waals surface area contributed by atoms with Gasteiger partial charge in [0.25, 0.3) is 5.56 Å². The minimum atomic E-state index is -1.02. The van der Waals surface area contributed by atoms with Crippen molar-refractivity contribution in [3.63, 3.8) is 0 Å². The number of nitrogens with one attached hydrogen (secondary N) is 2. The lowest BCUT2D eigenvalue weighted by atomic mass is 9.97. The molecule has 0 saturated heterocycles. The molecule has 3 aromatic rings.